The van der Waals surface area contributed by atoms with Gasteiger partial charge in [-0.3, -0.25) is 33.7 Å². The van der Waals surface area contributed by atoms with Crippen molar-refractivity contribution in [1.82, 2.24) is 69.6 Å². The zero-order valence-corrected chi connectivity index (χ0v) is 75.4. The molecule has 14 rings (SSSR count). The summed E-state index contributed by atoms with van der Waals surface area (Å²) < 4.78 is 44.0. The van der Waals surface area contributed by atoms with Gasteiger partial charge in [-0.25, -0.2) is 44.2 Å². The number of methoxy groups -OCH3 is 2. The number of Topliss-reactive ketones (excluding diaryl/α,β-unsaturated/α-hetero) is 3. The summed E-state index contributed by atoms with van der Waals surface area (Å²) in [4.78, 5) is 155. The van der Waals surface area contributed by atoms with Gasteiger partial charge in [0.25, 0.3) is 17.8 Å². The Morgan fingerprint density at radius 1 is 0.698 bits per heavy atom. The zero-order chi connectivity index (χ0) is 90.9. The summed E-state index contributed by atoms with van der Waals surface area (Å²) in [6.45, 7) is 19.5. The van der Waals surface area contributed by atoms with Crippen LogP contribution in [0.25, 0.3) is 33.4 Å². The van der Waals surface area contributed by atoms with Gasteiger partial charge in [-0.15, -0.1) is 0 Å². The van der Waals surface area contributed by atoms with E-state index in [9.17, 15) is 43.5 Å². The van der Waals surface area contributed by atoms with E-state index < -0.39 is 66.2 Å². The normalized spacial score (nSPS) is 26.2. The quantitative estimate of drug-likeness (QED) is 0.0238. The Bertz CT molecular complexity index is 5230. The first-order chi connectivity index (χ1) is 62.3. The molecule has 0 spiro atoms. The summed E-state index contributed by atoms with van der Waals surface area (Å²) in [6.07, 6.45) is 21.0. The van der Waals surface area contributed by atoms with Crippen molar-refractivity contribution in [3.05, 3.63) is 143 Å². The zero-order valence-electron chi connectivity index (χ0n) is 75.4. The standard InChI is InChI=1S/C95H124N18O16/c1-58-14-10-9-11-15-59(2)80(123-7)48-72-23-17-60(3)86(126-72)85(118)90(120)112-29-13-12-16-74(112)91(121)127-71(47-75(114)62(5)43-63(6)77(116)49-76(115)61(4)42-58)24-19-64-20-25-79(81(45-64)124-8)129-95(122)102-52-66-50-98-93(99-51-66)110-37-35-108(36-38-110)82(117)28-40-125-41-39-107-31-33-109(34-32-107)94-100-53-70(54-101-94)89(119)111-30-27-67-44-65(18-21-69(67)56-111)55-113-88-83(87(96)103-57-104-88)84(106-113)68-22-26-78-73(46-68)105-92(97)128-78/h9-11,14-15,18,21-22,26,43-44,46,50-51,53-54,57-58,60-62,64,71-72,74,77,79-81,86,116H,12-13,16-17,19-20,23-25,27-42,45,47-49,52,55-56H2,1-8H3,(H2,97,105)(H,102,122)(H2,96,103,104)/b11-9?,14-10+,59-15?,63-43+/t58-,60-,61-,62-,64-,71-,72?,74+,77+,79-,80+,81-,86?/m1/s1. The van der Waals surface area contributed by atoms with Crippen molar-refractivity contribution in [3.8, 4) is 11.3 Å². The van der Waals surface area contributed by atoms with E-state index >= 15 is 0 Å². The van der Waals surface area contributed by atoms with E-state index in [4.69, 9.17) is 49.4 Å². The number of anilines is 4. The molecular formula is C95H124N18O16. The SMILES string of the molecule is CO[C@H]1CC2CC[C@@H](C)C(O2)C(=O)C(=O)N2CCCC[C@H]2C(=O)O[C@H](CC[C@@H]2CC[C@@H](OC(=O)NCc3cnc(N4CCN(C(=O)CCOCCN5CCN(c6ncc(C(=O)N7CCc8cc(Cn9nc(-c%10ccc%11oc(N)nc%11c%10)c%10c(N)ncnc%109)ccc8C7)cn6)CC5)CC4)nc3)[C@H](OC)C2)CC(=O)[C@H](C)/C=C(\C)[C@@H](O)CC(=O)[C@H](C)C[C@H](C)/C=C/C=CC=C1C. The summed E-state index contributed by atoms with van der Waals surface area (Å²) in [6, 6.07) is 10.8. The number of piperazine rings is 2. The molecule has 5 fully saturated rings. The highest BCUT2D eigenvalue weighted by molar-refractivity contribution is 6.38. The van der Waals surface area contributed by atoms with Crippen molar-refractivity contribution in [1.29, 1.82) is 0 Å². The number of allylic oxidation sites excluding steroid dienone is 6. The van der Waals surface area contributed by atoms with E-state index in [2.05, 4.69) is 68.2 Å². The van der Waals surface area contributed by atoms with E-state index in [1.54, 1.807) is 65.0 Å². The lowest BCUT2D eigenvalue weighted by molar-refractivity contribution is -0.169. The molecule has 6 N–H and O–H groups in total. The lowest BCUT2D eigenvalue weighted by Crippen LogP contribution is -2.55. The van der Waals surface area contributed by atoms with Gasteiger partial charge in [-0.2, -0.15) is 10.1 Å². The van der Waals surface area contributed by atoms with Crippen LogP contribution in [0.15, 0.2) is 120 Å². The van der Waals surface area contributed by atoms with Crippen molar-refractivity contribution in [2.75, 3.05) is 121 Å². The minimum atomic E-state index is -1.11. The Kier molecular flexibility index (Phi) is 31.9. The van der Waals surface area contributed by atoms with E-state index in [0.717, 1.165) is 40.9 Å². The topological polar surface area (TPSA) is 417 Å². The molecule has 7 aliphatic rings. The molecule has 2 bridgehead atoms. The predicted molar refractivity (Wildman–Crippen MR) is 482 cm³/mol. The number of rotatable bonds is 20. The molecule has 13 atom stereocenters. The fourth-order valence-corrected chi connectivity index (χ4v) is 18.7. The number of hydrogen-bond donors (Lipinski definition) is 4. The number of alkyl carbamates (subject to hydrolysis) is 1. The number of hydrogen-bond acceptors (Lipinski definition) is 29. The second kappa shape index (κ2) is 43.9. The molecule has 0 radical (unpaired) electrons. The summed E-state index contributed by atoms with van der Waals surface area (Å²) in [5, 5.41) is 19.8. The fourth-order valence-electron chi connectivity index (χ4n) is 18.7. The van der Waals surface area contributed by atoms with Crippen LogP contribution in [0, 0.1) is 29.6 Å². The Balaban J connectivity index is 0.486. The lowest BCUT2D eigenvalue weighted by Gasteiger charge is -2.38. The number of ketones is 3. The molecule has 4 saturated heterocycles. The number of nitrogen functional groups attached to an aromatic ring is 2. The molecule has 1 aliphatic carbocycles. The number of nitrogens with two attached hydrogens (primary N) is 2. The minimum absolute atomic E-state index is 0.0200. The second-order valence-electron chi connectivity index (χ2n) is 35.8. The molecule has 34 heteroatoms. The van der Waals surface area contributed by atoms with Gasteiger partial charge in [0, 0.05) is 166 Å². The molecule has 129 heavy (non-hydrogen) atoms. The van der Waals surface area contributed by atoms with Crippen molar-refractivity contribution < 1.29 is 76.3 Å². The number of fused-ring (bicyclic) bond motifs is 6. The van der Waals surface area contributed by atoms with Crippen LogP contribution >= 0.6 is 0 Å². The highest BCUT2D eigenvalue weighted by Crippen LogP contribution is 2.38. The van der Waals surface area contributed by atoms with Crippen LogP contribution in [0.3, 0.4) is 0 Å². The molecular weight excluding hydrogens is 1650 g/mol. The minimum Gasteiger partial charge on any atom is -0.460 e. The van der Waals surface area contributed by atoms with Gasteiger partial charge in [0.05, 0.1) is 61.5 Å². The Hall–Kier alpha value is -11.3. The number of nitrogens with zero attached hydrogens (tertiary/aromatic N) is 15. The molecule has 690 valence electrons. The van der Waals surface area contributed by atoms with E-state index in [1.807, 2.05) is 89.6 Å². The Morgan fingerprint density at radius 2 is 1.46 bits per heavy atom. The number of oxazole rings is 1. The summed E-state index contributed by atoms with van der Waals surface area (Å²) in [5.74, 6) is -2.43. The number of carbonyl (C=O) groups excluding carboxylic acids is 8. The lowest BCUT2D eigenvalue weighted by atomic mass is 9.81. The molecule has 1 saturated carbocycles. The third kappa shape index (κ3) is 24.0. The van der Waals surface area contributed by atoms with Crippen LogP contribution in [0.5, 0.6) is 0 Å². The number of benzene rings is 2. The number of carbonyl (C=O) groups is 8. The largest absolute Gasteiger partial charge is 0.460 e. The molecule has 2 unspecified atom stereocenters. The van der Waals surface area contributed by atoms with Gasteiger partial charge in [-0.1, -0.05) is 82.4 Å². The number of cyclic esters (lactones) is 1. The van der Waals surface area contributed by atoms with Crippen molar-refractivity contribution >= 4 is 93.0 Å². The van der Waals surface area contributed by atoms with Gasteiger partial charge in [-0.05, 0) is 155 Å². The maximum absolute atomic E-state index is 14.6. The van der Waals surface area contributed by atoms with Gasteiger partial charge >= 0.3 is 12.1 Å². The number of esters is 1. The van der Waals surface area contributed by atoms with Gasteiger partial charge in [0.2, 0.25) is 23.6 Å². The van der Waals surface area contributed by atoms with Crippen LogP contribution in [0.2, 0.25) is 0 Å². The van der Waals surface area contributed by atoms with E-state index in [0.29, 0.717) is 212 Å². The summed E-state index contributed by atoms with van der Waals surface area (Å²) in [7, 11) is 3.20. The molecule has 34 nitrogen and oxygen atoms in total. The Morgan fingerprint density at radius 3 is 2.22 bits per heavy atom. The van der Waals surface area contributed by atoms with Crippen molar-refractivity contribution in [3.63, 3.8) is 0 Å². The maximum Gasteiger partial charge on any atom is 0.407 e. The number of piperidine rings is 1. The van der Waals surface area contributed by atoms with E-state index in [-0.39, 0.29) is 110 Å². The predicted octanol–water partition coefficient (Wildman–Crippen LogP) is 9.74. The molecule has 6 aliphatic heterocycles. The highest BCUT2D eigenvalue weighted by atomic mass is 16.6. The molecule has 5 aromatic heterocycles. The second-order valence-corrected chi connectivity index (χ2v) is 35.8. The van der Waals surface area contributed by atoms with Gasteiger partial charge in [0.15, 0.2) is 11.2 Å². The average molecular weight is 1770 g/mol. The van der Waals surface area contributed by atoms with E-state index in [1.165, 1.54) is 11.2 Å². The smallest absolute Gasteiger partial charge is 0.407 e. The van der Waals surface area contributed by atoms with Crippen LogP contribution in [0.4, 0.5) is 28.5 Å². The first-order valence-electron chi connectivity index (χ1n) is 45.7. The summed E-state index contributed by atoms with van der Waals surface area (Å²) in [5.41, 5.74) is 21.2. The van der Waals surface area contributed by atoms with Crippen LogP contribution in [-0.4, -0.2) is 265 Å². The van der Waals surface area contributed by atoms with Crippen LogP contribution in [0.1, 0.15) is 170 Å². The molecule has 7 aromatic rings. The third-order valence-electron chi connectivity index (χ3n) is 26.6. The first-order valence-corrected chi connectivity index (χ1v) is 45.7. The van der Waals surface area contributed by atoms with Crippen molar-refractivity contribution in [2.24, 2.45) is 29.6 Å². The number of aliphatic hydroxyl groups excluding tert-OH is 1. The van der Waals surface area contributed by atoms with Crippen molar-refractivity contribution in [2.45, 2.75) is 213 Å². The van der Waals surface area contributed by atoms with Gasteiger partial charge < -0.3 is 79.2 Å². The number of nitrogens with one attached hydrogen (secondary N) is 1. The van der Waals surface area contributed by atoms with Crippen LogP contribution < -0.4 is 26.6 Å². The molecule has 2 aromatic carbocycles. The number of aliphatic hydroxyl groups is 1. The Labute approximate surface area is 752 Å². The number of amides is 4. The number of ether oxygens (including phenoxy) is 6. The summed E-state index contributed by atoms with van der Waals surface area (Å²) >= 11 is 0. The number of aromatic nitrogens is 9. The molecule has 4 amide bonds. The van der Waals surface area contributed by atoms with Gasteiger partial charge in [0.1, 0.15) is 59.3 Å². The third-order valence-corrected chi connectivity index (χ3v) is 26.6. The monoisotopic (exact) mass is 1770 g/mol. The highest BCUT2D eigenvalue weighted by Gasteiger charge is 2.45. The van der Waals surface area contributed by atoms with Crippen LogP contribution in [-0.2, 0) is 83.2 Å². The first kappa shape index (κ1) is 93.8. The molecule has 11 heterocycles. The average Bonchev–Trinajstić information content (AvgIpc) is 1.61. The maximum atomic E-state index is 14.6. The fraction of sp³-hybridized carbons (Fsp3) is 0.558.